The molecule has 0 N–H and O–H groups in total. The van der Waals surface area contributed by atoms with Gasteiger partial charge in [0.2, 0.25) is 0 Å². The van der Waals surface area contributed by atoms with Crippen molar-refractivity contribution < 1.29 is 4.79 Å². The number of para-hydroxylation sites is 1. The van der Waals surface area contributed by atoms with E-state index < -0.39 is 0 Å². The fourth-order valence-corrected chi connectivity index (χ4v) is 2.70. The number of anilines is 1. The molecule has 0 atom stereocenters. The summed E-state index contributed by atoms with van der Waals surface area (Å²) >= 11 is 3.45. The van der Waals surface area contributed by atoms with Crippen molar-refractivity contribution in [3.05, 3.63) is 71.2 Å². The zero-order valence-electron chi connectivity index (χ0n) is 11.3. The van der Waals surface area contributed by atoms with Gasteiger partial charge in [0.05, 0.1) is 11.4 Å². The molecule has 0 aliphatic carbocycles. The highest BCUT2D eigenvalue weighted by atomic mass is 79.9. The van der Waals surface area contributed by atoms with E-state index >= 15 is 0 Å². The molecule has 0 radical (unpaired) electrons. The Kier molecular flexibility index (Phi) is 3.71. The Balaban J connectivity index is 2.14. The predicted molar refractivity (Wildman–Crippen MR) is 89.3 cm³/mol. The predicted octanol–water partition coefficient (Wildman–Crippen LogP) is 4.10. The van der Waals surface area contributed by atoms with Gasteiger partial charge in [-0.15, -0.1) is 6.58 Å². The molecule has 0 aromatic heterocycles. The van der Waals surface area contributed by atoms with Gasteiger partial charge >= 0.3 is 0 Å². The number of benzene rings is 2. The second-order valence-electron chi connectivity index (χ2n) is 4.66. The largest absolute Gasteiger partial charge is 0.303 e. The van der Waals surface area contributed by atoms with Crippen molar-refractivity contribution in [1.82, 2.24) is 0 Å². The van der Waals surface area contributed by atoms with Gasteiger partial charge in [0.1, 0.15) is 5.71 Å². The lowest BCUT2D eigenvalue weighted by Gasteiger charge is -2.13. The van der Waals surface area contributed by atoms with Crippen LogP contribution in [0.4, 0.5) is 11.4 Å². The molecule has 104 valence electrons. The molecule has 0 saturated heterocycles. The minimum Gasteiger partial charge on any atom is -0.303 e. The van der Waals surface area contributed by atoms with E-state index in [2.05, 4.69) is 27.5 Å². The van der Waals surface area contributed by atoms with Crippen LogP contribution in [0.2, 0.25) is 0 Å². The monoisotopic (exact) mass is 340 g/mol. The quantitative estimate of drug-likeness (QED) is 0.774. The Morgan fingerprint density at radius 1 is 1.19 bits per heavy atom. The fourth-order valence-electron chi connectivity index (χ4n) is 2.34. The molecule has 1 aliphatic heterocycles. The molecular formula is C17H13BrN2O. The molecule has 1 amide bonds. The zero-order valence-corrected chi connectivity index (χ0v) is 12.9. The van der Waals surface area contributed by atoms with Gasteiger partial charge < -0.3 is 4.90 Å². The zero-order chi connectivity index (χ0) is 14.8. The normalized spacial score (nSPS) is 15.4. The van der Waals surface area contributed by atoms with E-state index in [9.17, 15) is 4.79 Å². The Labute approximate surface area is 131 Å². The average Bonchev–Trinajstić information content (AvgIpc) is 2.74. The van der Waals surface area contributed by atoms with E-state index in [0.29, 0.717) is 12.3 Å². The summed E-state index contributed by atoms with van der Waals surface area (Å²) < 4.78 is 0.926. The van der Waals surface area contributed by atoms with Crippen LogP contribution in [0.3, 0.4) is 0 Å². The van der Waals surface area contributed by atoms with Crippen LogP contribution in [0.5, 0.6) is 0 Å². The van der Waals surface area contributed by atoms with E-state index in [1.807, 2.05) is 48.5 Å². The molecule has 0 spiro atoms. The van der Waals surface area contributed by atoms with Gasteiger partial charge in [-0.3, -0.25) is 4.79 Å². The van der Waals surface area contributed by atoms with Gasteiger partial charge in [0.25, 0.3) is 5.91 Å². The smallest absolute Gasteiger partial charge is 0.277 e. The van der Waals surface area contributed by atoms with Crippen molar-refractivity contribution >= 4 is 38.9 Å². The third kappa shape index (κ3) is 2.54. The summed E-state index contributed by atoms with van der Waals surface area (Å²) in [6.07, 6.45) is 1.72. The summed E-state index contributed by atoms with van der Waals surface area (Å²) in [5, 5.41) is 0. The van der Waals surface area contributed by atoms with Gasteiger partial charge in [-0.05, 0) is 30.3 Å². The van der Waals surface area contributed by atoms with E-state index in [-0.39, 0.29) is 5.91 Å². The number of hydrogen-bond acceptors (Lipinski definition) is 2. The second-order valence-corrected chi connectivity index (χ2v) is 5.58. The molecule has 0 unspecified atom stereocenters. The molecule has 1 aliphatic rings. The summed E-state index contributed by atoms with van der Waals surface area (Å²) in [5.74, 6) is -0.0909. The third-order valence-corrected chi connectivity index (χ3v) is 3.75. The molecular weight excluding hydrogens is 328 g/mol. The third-order valence-electron chi connectivity index (χ3n) is 3.26. The maximum Gasteiger partial charge on any atom is 0.277 e. The summed E-state index contributed by atoms with van der Waals surface area (Å²) in [5.41, 5.74) is 2.96. The Morgan fingerprint density at radius 3 is 2.67 bits per heavy atom. The number of nitrogens with zero attached hydrogens (tertiary/aromatic N) is 2. The van der Waals surface area contributed by atoms with Crippen LogP contribution in [-0.4, -0.2) is 18.2 Å². The first-order valence-electron chi connectivity index (χ1n) is 6.57. The highest BCUT2D eigenvalue weighted by molar-refractivity contribution is 9.10. The van der Waals surface area contributed by atoms with Crippen LogP contribution in [0.25, 0.3) is 0 Å². The Morgan fingerprint density at radius 2 is 1.95 bits per heavy atom. The number of carbonyl (C=O) groups is 1. The van der Waals surface area contributed by atoms with Crippen LogP contribution in [0.1, 0.15) is 5.56 Å². The number of amides is 1. The Bertz CT molecular complexity index is 738. The second kappa shape index (κ2) is 5.66. The van der Waals surface area contributed by atoms with E-state index in [1.165, 1.54) is 0 Å². The van der Waals surface area contributed by atoms with Crippen LogP contribution in [0, 0.1) is 0 Å². The van der Waals surface area contributed by atoms with E-state index in [1.54, 1.807) is 11.0 Å². The standard InChI is InChI=1S/C17H13BrN2O/c1-2-10-20-15-9-8-12(18)11-14(15)16(17(20)21)19-13-6-4-3-5-7-13/h2-9,11H,1,10H2. The van der Waals surface area contributed by atoms with Crippen molar-refractivity contribution in [1.29, 1.82) is 0 Å². The van der Waals surface area contributed by atoms with Gasteiger partial charge in [-0.1, -0.05) is 40.2 Å². The number of aliphatic imine (C=N–C) groups is 1. The lowest BCUT2D eigenvalue weighted by atomic mass is 10.1. The molecule has 3 nitrogen and oxygen atoms in total. The SMILES string of the molecule is C=CCN1C(=O)C(=Nc2ccccc2)c2cc(Br)ccc21. The van der Waals surface area contributed by atoms with Crippen molar-refractivity contribution in [2.75, 3.05) is 11.4 Å². The molecule has 1 heterocycles. The molecule has 2 aromatic carbocycles. The lowest BCUT2D eigenvalue weighted by Crippen LogP contribution is -2.30. The van der Waals surface area contributed by atoms with Crippen molar-refractivity contribution in [2.24, 2.45) is 4.99 Å². The summed E-state index contributed by atoms with van der Waals surface area (Å²) in [7, 11) is 0. The maximum atomic E-state index is 12.6. The van der Waals surface area contributed by atoms with Gasteiger partial charge in [-0.2, -0.15) is 0 Å². The van der Waals surface area contributed by atoms with E-state index in [4.69, 9.17) is 0 Å². The summed E-state index contributed by atoms with van der Waals surface area (Å²) in [4.78, 5) is 18.8. The van der Waals surface area contributed by atoms with Crippen LogP contribution >= 0.6 is 15.9 Å². The van der Waals surface area contributed by atoms with Crippen molar-refractivity contribution in [3.63, 3.8) is 0 Å². The number of fused-ring (bicyclic) bond motifs is 1. The number of carbonyl (C=O) groups excluding carboxylic acids is 1. The summed E-state index contributed by atoms with van der Waals surface area (Å²) in [6, 6.07) is 15.3. The van der Waals surface area contributed by atoms with Crippen LogP contribution in [-0.2, 0) is 4.79 Å². The highest BCUT2D eigenvalue weighted by Gasteiger charge is 2.33. The Hall–Kier alpha value is -2.20. The molecule has 21 heavy (non-hydrogen) atoms. The number of halogens is 1. The van der Waals surface area contributed by atoms with Crippen molar-refractivity contribution in [3.8, 4) is 0 Å². The fraction of sp³-hybridized carbons (Fsp3) is 0.0588. The topological polar surface area (TPSA) is 32.7 Å². The lowest BCUT2D eigenvalue weighted by molar-refractivity contribution is -0.112. The minimum atomic E-state index is -0.0909. The van der Waals surface area contributed by atoms with Crippen LogP contribution < -0.4 is 4.90 Å². The highest BCUT2D eigenvalue weighted by Crippen LogP contribution is 2.32. The minimum absolute atomic E-state index is 0.0909. The van der Waals surface area contributed by atoms with Crippen LogP contribution in [0.15, 0.2) is 70.7 Å². The summed E-state index contributed by atoms with van der Waals surface area (Å²) in [6.45, 7) is 4.19. The molecule has 3 rings (SSSR count). The average molecular weight is 341 g/mol. The molecule has 0 saturated carbocycles. The number of rotatable bonds is 3. The van der Waals surface area contributed by atoms with Gasteiger partial charge in [-0.25, -0.2) is 4.99 Å². The molecule has 0 bridgehead atoms. The van der Waals surface area contributed by atoms with Gasteiger partial charge in [0.15, 0.2) is 0 Å². The molecule has 0 fully saturated rings. The maximum absolute atomic E-state index is 12.6. The first kappa shape index (κ1) is 13.8. The van der Waals surface area contributed by atoms with Crippen molar-refractivity contribution in [2.45, 2.75) is 0 Å². The van der Waals surface area contributed by atoms with E-state index in [0.717, 1.165) is 21.4 Å². The first-order valence-corrected chi connectivity index (χ1v) is 7.36. The molecule has 4 heteroatoms. The number of hydrogen-bond donors (Lipinski definition) is 0. The molecule has 2 aromatic rings. The first-order chi connectivity index (χ1) is 10.2. The van der Waals surface area contributed by atoms with Gasteiger partial charge in [0, 0.05) is 16.6 Å².